The van der Waals surface area contributed by atoms with Crippen molar-refractivity contribution in [1.82, 2.24) is 9.55 Å². The van der Waals surface area contributed by atoms with Crippen LogP contribution >= 0.6 is 11.6 Å². The summed E-state index contributed by atoms with van der Waals surface area (Å²) in [4.78, 5) is 3.97. The Morgan fingerprint density at radius 1 is 1.43 bits per heavy atom. The van der Waals surface area contributed by atoms with Gasteiger partial charge in [-0.05, 0) is 12.1 Å². The van der Waals surface area contributed by atoms with Crippen molar-refractivity contribution in [1.29, 1.82) is 0 Å². The van der Waals surface area contributed by atoms with E-state index in [4.69, 9.17) is 16.3 Å². The van der Waals surface area contributed by atoms with Crippen LogP contribution in [-0.4, -0.2) is 27.1 Å². The van der Waals surface area contributed by atoms with Gasteiger partial charge in [0.15, 0.2) is 0 Å². The molecule has 0 amide bonds. The zero-order chi connectivity index (χ0) is 15.3. The highest BCUT2D eigenvalue weighted by molar-refractivity contribution is 6.32. The highest BCUT2D eigenvalue weighted by Gasteiger charge is 2.27. The summed E-state index contributed by atoms with van der Waals surface area (Å²) in [5, 5.41) is 13.3. The van der Waals surface area contributed by atoms with Crippen molar-refractivity contribution in [3.05, 3.63) is 48.0 Å². The third kappa shape index (κ3) is 3.98. The Morgan fingerprint density at radius 3 is 2.81 bits per heavy atom. The molecule has 1 heterocycles. The Morgan fingerprint density at radius 2 is 2.19 bits per heavy atom. The topological polar surface area (TPSA) is 59.6 Å². The summed E-state index contributed by atoms with van der Waals surface area (Å²) in [7, 11) is 0. The Labute approximate surface area is 128 Å². The molecule has 0 aliphatic carbocycles. The summed E-state index contributed by atoms with van der Waals surface area (Å²) in [5.41, 5.74) is 0.158. The number of oxime groups is 1. The quantitative estimate of drug-likeness (QED) is 0.505. The largest absolute Gasteiger partial charge is 0.491 e. The molecule has 0 saturated carbocycles. The second-order valence-corrected chi connectivity index (χ2v) is 5.79. The fourth-order valence-electron chi connectivity index (χ4n) is 1.84. The zero-order valence-corrected chi connectivity index (χ0v) is 12.8. The highest BCUT2D eigenvalue weighted by Crippen LogP contribution is 2.27. The van der Waals surface area contributed by atoms with Gasteiger partial charge in [0.05, 0.1) is 30.2 Å². The Bertz CT molecular complexity index is 609. The molecule has 0 unspecified atom stereocenters. The maximum Gasteiger partial charge on any atom is 0.137 e. The number of rotatable bonds is 6. The van der Waals surface area contributed by atoms with Crippen LogP contribution in [0.1, 0.15) is 13.8 Å². The van der Waals surface area contributed by atoms with E-state index in [1.807, 2.05) is 42.8 Å². The van der Waals surface area contributed by atoms with Gasteiger partial charge in [0.1, 0.15) is 5.75 Å². The van der Waals surface area contributed by atoms with Crippen molar-refractivity contribution in [3.63, 3.8) is 0 Å². The van der Waals surface area contributed by atoms with Crippen LogP contribution in [0.15, 0.2) is 48.1 Å². The molecule has 2 aromatic rings. The molecule has 112 valence electrons. The Kier molecular flexibility index (Phi) is 4.85. The average molecular weight is 308 g/mol. The van der Waals surface area contributed by atoms with Crippen LogP contribution in [0.2, 0.25) is 5.02 Å². The molecule has 0 fully saturated rings. The molecule has 0 radical (unpaired) electrons. The zero-order valence-electron chi connectivity index (χ0n) is 12.0. The third-order valence-electron chi connectivity index (χ3n) is 3.22. The molecular weight excluding hydrogens is 290 g/mol. The monoisotopic (exact) mass is 307 g/mol. The molecule has 0 spiro atoms. The molecule has 0 bridgehead atoms. The number of hydrogen-bond donors (Lipinski definition) is 1. The number of imidazole rings is 1. The number of halogens is 1. The molecule has 21 heavy (non-hydrogen) atoms. The van der Waals surface area contributed by atoms with E-state index < -0.39 is 5.41 Å². The first-order valence-corrected chi connectivity index (χ1v) is 6.95. The Balaban J connectivity index is 2.04. The third-order valence-corrected chi connectivity index (χ3v) is 3.53. The van der Waals surface area contributed by atoms with E-state index in [-0.39, 0.29) is 0 Å². The lowest BCUT2D eigenvalue weighted by atomic mass is 9.88. The van der Waals surface area contributed by atoms with E-state index in [1.54, 1.807) is 18.6 Å². The second kappa shape index (κ2) is 6.63. The van der Waals surface area contributed by atoms with Crippen LogP contribution in [0.5, 0.6) is 5.75 Å². The minimum absolute atomic E-state index is 0.352. The van der Waals surface area contributed by atoms with Gasteiger partial charge in [-0.2, -0.15) is 0 Å². The number of ether oxygens (including phenoxy) is 1. The van der Waals surface area contributed by atoms with Gasteiger partial charge >= 0.3 is 0 Å². The number of nitrogens with zero attached hydrogens (tertiary/aromatic N) is 3. The second-order valence-electron chi connectivity index (χ2n) is 5.38. The SMILES string of the molecule is CC(C)(COc1ccccc1Cl)C(Cn1ccnc1)=NO. The maximum atomic E-state index is 9.28. The lowest BCUT2D eigenvalue weighted by Crippen LogP contribution is -2.34. The van der Waals surface area contributed by atoms with Crippen molar-refractivity contribution in [2.75, 3.05) is 6.61 Å². The number of aromatic nitrogens is 2. The highest BCUT2D eigenvalue weighted by atomic mass is 35.5. The molecule has 2 rings (SSSR count). The molecule has 0 saturated heterocycles. The van der Waals surface area contributed by atoms with Crippen molar-refractivity contribution < 1.29 is 9.94 Å². The summed E-state index contributed by atoms with van der Waals surface area (Å²) in [6, 6.07) is 7.29. The van der Waals surface area contributed by atoms with Gasteiger partial charge in [0, 0.05) is 17.8 Å². The minimum Gasteiger partial charge on any atom is -0.491 e. The van der Waals surface area contributed by atoms with Gasteiger partial charge in [-0.1, -0.05) is 42.7 Å². The van der Waals surface area contributed by atoms with Crippen molar-refractivity contribution >= 4 is 17.3 Å². The predicted octanol–water partition coefficient (Wildman–Crippen LogP) is 3.47. The fraction of sp³-hybridized carbons (Fsp3) is 0.333. The van der Waals surface area contributed by atoms with Crippen LogP contribution < -0.4 is 4.74 Å². The van der Waals surface area contributed by atoms with E-state index in [9.17, 15) is 5.21 Å². The molecule has 1 aromatic heterocycles. The molecule has 1 aromatic carbocycles. The summed E-state index contributed by atoms with van der Waals surface area (Å²) in [6.07, 6.45) is 5.18. The van der Waals surface area contributed by atoms with Crippen molar-refractivity contribution in [2.24, 2.45) is 10.6 Å². The molecule has 0 atom stereocenters. The predicted molar refractivity (Wildman–Crippen MR) is 82.2 cm³/mol. The average Bonchev–Trinajstić information content (AvgIpc) is 2.97. The first-order valence-electron chi connectivity index (χ1n) is 6.57. The summed E-state index contributed by atoms with van der Waals surface area (Å²) in [6.45, 7) is 4.71. The van der Waals surface area contributed by atoms with Crippen LogP contribution in [-0.2, 0) is 6.54 Å². The molecule has 1 N–H and O–H groups in total. The molecule has 0 aliphatic heterocycles. The van der Waals surface area contributed by atoms with Crippen LogP contribution in [0.4, 0.5) is 0 Å². The molecule has 0 aliphatic rings. The fourth-order valence-corrected chi connectivity index (χ4v) is 2.03. The standard InChI is InChI=1S/C15H18ClN3O2/c1-15(2,10-21-13-6-4-3-5-12(13)16)14(18-20)9-19-8-7-17-11-19/h3-8,11,20H,9-10H2,1-2H3. The number of para-hydroxylation sites is 1. The summed E-state index contributed by atoms with van der Waals surface area (Å²) in [5.74, 6) is 0.618. The first kappa shape index (κ1) is 15.4. The molecule has 6 heteroatoms. The van der Waals surface area contributed by atoms with Crippen LogP contribution in [0.3, 0.4) is 0 Å². The van der Waals surface area contributed by atoms with E-state index in [0.717, 1.165) is 0 Å². The normalized spacial score (nSPS) is 12.4. The molecule has 5 nitrogen and oxygen atoms in total. The summed E-state index contributed by atoms with van der Waals surface area (Å²) >= 11 is 6.06. The van der Waals surface area contributed by atoms with Crippen LogP contribution in [0.25, 0.3) is 0 Å². The Hall–Kier alpha value is -2.01. The van der Waals surface area contributed by atoms with E-state index in [1.165, 1.54) is 0 Å². The first-order chi connectivity index (χ1) is 10.0. The lowest BCUT2D eigenvalue weighted by molar-refractivity contribution is 0.224. The van der Waals surface area contributed by atoms with E-state index in [0.29, 0.717) is 29.6 Å². The van der Waals surface area contributed by atoms with Gasteiger partial charge in [0.25, 0.3) is 0 Å². The molecular formula is C15H18ClN3O2. The number of hydrogen-bond acceptors (Lipinski definition) is 4. The number of benzene rings is 1. The van der Waals surface area contributed by atoms with E-state index in [2.05, 4.69) is 10.1 Å². The van der Waals surface area contributed by atoms with Gasteiger partial charge in [-0.15, -0.1) is 0 Å². The maximum absolute atomic E-state index is 9.28. The van der Waals surface area contributed by atoms with Crippen molar-refractivity contribution in [3.8, 4) is 5.75 Å². The smallest absolute Gasteiger partial charge is 0.137 e. The van der Waals surface area contributed by atoms with Crippen molar-refractivity contribution in [2.45, 2.75) is 20.4 Å². The van der Waals surface area contributed by atoms with Crippen LogP contribution in [0, 0.1) is 5.41 Å². The lowest BCUT2D eigenvalue weighted by Gasteiger charge is -2.26. The van der Waals surface area contributed by atoms with Gasteiger partial charge in [-0.25, -0.2) is 4.98 Å². The minimum atomic E-state index is -0.446. The van der Waals surface area contributed by atoms with E-state index >= 15 is 0 Å². The summed E-state index contributed by atoms with van der Waals surface area (Å²) < 4.78 is 7.59. The van der Waals surface area contributed by atoms with Gasteiger partial charge in [0.2, 0.25) is 0 Å². The van der Waals surface area contributed by atoms with Gasteiger partial charge < -0.3 is 14.5 Å². The van der Waals surface area contributed by atoms with Gasteiger partial charge in [-0.3, -0.25) is 0 Å².